The molecule has 234 valence electrons. The molecule has 3 amide bonds. The van der Waals surface area contributed by atoms with Crippen molar-refractivity contribution >= 4 is 17.7 Å². The second kappa shape index (κ2) is 11.7. The number of carbonyl (C=O) groups is 3. The van der Waals surface area contributed by atoms with Gasteiger partial charge in [-0.25, -0.2) is 0 Å². The van der Waals surface area contributed by atoms with Crippen LogP contribution in [0.5, 0.6) is 0 Å². The van der Waals surface area contributed by atoms with E-state index in [1.807, 2.05) is 36.4 Å². The Kier molecular flexibility index (Phi) is 7.95. The molecule has 0 radical (unpaired) electrons. The van der Waals surface area contributed by atoms with Crippen LogP contribution in [-0.4, -0.2) is 100 Å². The van der Waals surface area contributed by atoms with Gasteiger partial charge in [0.1, 0.15) is 18.2 Å². The molecular weight excluding hydrogens is 568 g/mol. The number of aromatic nitrogens is 3. The average molecular weight is 609 g/mol. The fourth-order valence-corrected chi connectivity index (χ4v) is 7.43. The number of amides is 3. The highest BCUT2D eigenvalue weighted by atomic mass is 16.2. The van der Waals surface area contributed by atoms with E-state index < -0.39 is 5.41 Å². The van der Waals surface area contributed by atoms with Crippen LogP contribution in [0.1, 0.15) is 75.0 Å². The number of benzene rings is 2. The van der Waals surface area contributed by atoms with Crippen molar-refractivity contribution in [2.75, 3.05) is 34.7 Å². The molecule has 2 fully saturated rings. The number of likely N-dealkylation sites (tertiary alicyclic amines) is 1. The second-order valence-electron chi connectivity index (χ2n) is 13.1. The fourth-order valence-electron chi connectivity index (χ4n) is 7.43. The highest BCUT2D eigenvalue weighted by Gasteiger charge is 2.54. The van der Waals surface area contributed by atoms with Crippen molar-refractivity contribution in [1.82, 2.24) is 35.2 Å². The molecule has 3 aromatic rings. The Morgan fingerprint density at radius 1 is 1.02 bits per heavy atom. The van der Waals surface area contributed by atoms with Gasteiger partial charge in [-0.05, 0) is 91.5 Å². The van der Waals surface area contributed by atoms with Crippen LogP contribution in [0, 0.1) is 17.2 Å². The van der Waals surface area contributed by atoms with Crippen molar-refractivity contribution in [3.05, 3.63) is 81.9 Å². The number of nitrogens with zero attached hydrogens (tertiary/aromatic N) is 6. The zero-order chi connectivity index (χ0) is 32.0. The summed E-state index contributed by atoms with van der Waals surface area (Å²) in [5.74, 6) is 0.904. The molecule has 2 aromatic carbocycles. The summed E-state index contributed by atoms with van der Waals surface area (Å²) >= 11 is 0. The molecule has 45 heavy (non-hydrogen) atoms. The predicted octanol–water partition coefficient (Wildman–Crippen LogP) is 2.52. The monoisotopic (exact) mass is 608 g/mol. The first-order valence-electron chi connectivity index (χ1n) is 15.6. The molecule has 4 atom stereocenters. The van der Waals surface area contributed by atoms with Gasteiger partial charge >= 0.3 is 0 Å². The van der Waals surface area contributed by atoms with Gasteiger partial charge in [0.2, 0.25) is 5.91 Å². The van der Waals surface area contributed by atoms with Crippen LogP contribution in [0.15, 0.2) is 42.7 Å². The SMILES string of the molecule is C[C@@H](CC1(c2nnc[nH]2)c2ccc(C(=O)N(C)C)cc2CCc2cc(C(=O)N(C)C)ccc21)NCC(=O)N1C(C#N)C[C@@H]2C[C@@H]21. The van der Waals surface area contributed by atoms with Gasteiger partial charge in [-0.3, -0.25) is 14.4 Å². The number of carbonyl (C=O) groups excluding carboxylic acids is 3. The molecule has 1 saturated heterocycles. The van der Waals surface area contributed by atoms with E-state index >= 15 is 0 Å². The Morgan fingerprint density at radius 2 is 1.62 bits per heavy atom. The van der Waals surface area contributed by atoms with Crippen LogP contribution in [0.4, 0.5) is 0 Å². The molecule has 11 nitrogen and oxygen atoms in total. The molecule has 2 heterocycles. The Balaban J connectivity index is 1.42. The summed E-state index contributed by atoms with van der Waals surface area (Å²) in [6.45, 7) is 2.18. The summed E-state index contributed by atoms with van der Waals surface area (Å²) in [5.41, 5.74) is 4.44. The zero-order valence-corrected chi connectivity index (χ0v) is 26.5. The molecule has 2 N–H and O–H groups in total. The van der Waals surface area contributed by atoms with E-state index in [9.17, 15) is 19.6 Å². The molecule has 0 bridgehead atoms. The maximum Gasteiger partial charge on any atom is 0.253 e. The van der Waals surface area contributed by atoms with Gasteiger partial charge in [0.05, 0.1) is 18.0 Å². The van der Waals surface area contributed by atoms with Crippen LogP contribution in [-0.2, 0) is 23.1 Å². The average Bonchev–Trinajstić information content (AvgIpc) is 3.42. The number of hydrogen-bond donors (Lipinski definition) is 2. The first-order valence-corrected chi connectivity index (χ1v) is 15.6. The molecule has 3 aliphatic rings. The number of hydrogen-bond acceptors (Lipinski definition) is 7. The minimum Gasteiger partial charge on any atom is -0.345 e. The van der Waals surface area contributed by atoms with Gasteiger partial charge in [0.15, 0.2) is 0 Å². The molecule has 1 unspecified atom stereocenters. The fraction of sp³-hybridized carbons (Fsp3) is 0.471. The number of fused-ring (bicyclic) bond motifs is 3. The number of rotatable bonds is 8. The van der Waals surface area contributed by atoms with E-state index in [-0.39, 0.29) is 42.4 Å². The third-order valence-corrected chi connectivity index (χ3v) is 9.68. The minimum absolute atomic E-state index is 0.0486. The van der Waals surface area contributed by atoms with Crippen molar-refractivity contribution in [1.29, 1.82) is 5.26 Å². The van der Waals surface area contributed by atoms with Crippen LogP contribution in [0.3, 0.4) is 0 Å². The van der Waals surface area contributed by atoms with Gasteiger partial charge < -0.3 is 25.0 Å². The Labute approximate surface area is 263 Å². The van der Waals surface area contributed by atoms with Crippen LogP contribution < -0.4 is 5.32 Å². The minimum atomic E-state index is -0.822. The molecule has 11 heteroatoms. The summed E-state index contributed by atoms with van der Waals surface area (Å²) in [6, 6.07) is 13.7. The van der Waals surface area contributed by atoms with Gasteiger partial charge in [-0.2, -0.15) is 5.26 Å². The predicted molar refractivity (Wildman–Crippen MR) is 167 cm³/mol. The van der Waals surface area contributed by atoms with Crippen molar-refractivity contribution in [3.63, 3.8) is 0 Å². The van der Waals surface area contributed by atoms with E-state index in [1.54, 1.807) is 49.2 Å². The summed E-state index contributed by atoms with van der Waals surface area (Å²) < 4.78 is 0. The molecule has 1 saturated carbocycles. The standard InChI is InChI=1S/C34H40N8O3/c1-20(36-18-30(43)42-26(17-35)14-25-15-29(25)42)16-34(33-37-19-38-39-33)27-10-8-23(31(44)40(2)3)12-21(27)6-7-22-13-24(9-11-28(22)34)32(45)41(4)5/h8-13,19-20,25-26,29,36H,6-7,14-16,18H2,1-5H3,(H,37,38,39)/t20-,25+,26?,29-/m0/s1. The summed E-state index contributed by atoms with van der Waals surface area (Å²) in [6.07, 6.45) is 5.17. The topological polar surface area (TPSA) is 138 Å². The maximum absolute atomic E-state index is 13.3. The lowest BCUT2D eigenvalue weighted by Gasteiger charge is -2.37. The second-order valence-corrected chi connectivity index (χ2v) is 13.1. The molecule has 1 aromatic heterocycles. The van der Waals surface area contributed by atoms with Crippen LogP contribution in [0.2, 0.25) is 0 Å². The molecule has 6 rings (SSSR count). The third-order valence-electron chi connectivity index (χ3n) is 9.68. The zero-order valence-electron chi connectivity index (χ0n) is 26.5. The van der Waals surface area contributed by atoms with Crippen molar-refractivity contribution in [2.45, 2.75) is 62.6 Å². The van der Waals surface area contributed by atoms with E-state index in [2.05, 4.69) is 33.5 Å². The van der Waals surface area contributed by atoms with Crippen LogP contribution >= 0.6 is 0 Å². The lowest BCUT2D eigenvalue weighted by Crippen LogP contribution is -2.46. The first kappa shape index (κ1) is 30.5. The number of H-pyrrole nitrogens is 1. The lowest BCUT2D eigenvalue weighted by molar-refractivity contribution is -0.131. The van der Waals surface area contributed by atoms with E-state index in [1.165, 1.54) is 0 Å². The number of nitriles is 1. The maximum atomic E-state index is 13.3. The van der Waals surface area contributed by atoms with E-state index in [4.69, 9.17) is 0 Å². The van der Waals surface area contributed by atoms with Gasteiger partial charge in [0, 0.05) is 51.4 Å². The smallest absolute Gasteiger partial charge is 0.253 e. The summed E-state index contributed by atoms with van der Waals surface area (Å²) in [5, 5.41) is 21.8. The Hall–Kier alpha value is -4.56. The third kappa shape index (κ3) is 5.37. The molecular formula is C34H40N8O3. The van der Waals surface area contributed by atoms with Crippen molar-refractivity contribution in [2.24, 2.45) is 5.92 Å². The van der Waals surface area contributed by atoms with Crippen molar-refractivity contribution in [3.8, 4) is 6.07 Å². The normalized spacial score (nSPS) is 21.4. The van der Waals surface area contributed by atoms with E-state index in [0.29, 0.717) is 42.1 Å². The highest BCUT2D eigenvalue weighted by Crippen LogP contribution is 2.48. The first-order chi connectivity index (χ1) is 21.5. The quantitative estimate of drug-likeness (QED) is 0.401. The van der Waals surface area contributed by atoms with Gasteiger partial charge in [0.25, 0.3) is 11.8 Å². The number of aromatic amines is 1. The molecule has 2 aliphatic carbocycles. The molecule has 1 aliphatic heterocycles. The number of aryl methyl sites for hydroxylation is 2. The summed E-state index contributed by atoms with van der Waals surface area (Å²) in [4.78, 5) is 47.6. The highest BCUT2D eigenvalue weighted by molar-refractivity contribution is 5.95. The van der Waals surface area contributed by atoms with Crippen molar-refractivity contribution < 1.29 is 14.4 Å². The van der Waals surface area contributed by atoms with Crippen LogP contribution in [0.25, 0.3) is 0 Å². The number of nitrogens with one attached hydrogen (secondary N) is 2. The van der Waals surface area contributed by atoms with Gasteiger partial charge in [-0.1, -0.05) is 12.1 Å². The largest absolute Gasteiger partial charge is 0.345 e. The van der Waals surface area contributed by atoms with E-state index in [0.717, 1.165) is 35.1 Å². The Morgan fingerprint density at radius 3 is 2.13 bits per heavy atom. The summed E-state index contributed by atoms with van der Waals surface area (Å²) in [7, 11) is 6.96. The molecule has 0 spiro atoms. The van der Waals surface area contributed by atoms with Gasteiger partial charge in [-0.15, -0.1) is 10.2 Å². The Bertz CT molecular complexity index is 1600. The number of piperidine rings is 1. The lowest BCUT2D eigenvalue weighted by atomic mass is 9.67.